The van der Waals surface area contributed by atoms with E-state index in [2.05, 4.69) is 15.5 Å². The fraction of sp³-hybridized carbons (Fsp3) is 0.348. The summed E-state index contributed by atoms with van der Waals surface area (Å²) in [4.78, 5) is 16.7. The van der Waals surface area contributed by atoms with Crippen molar-refractivity contribution in [2.75, 3.05) is 12.4 Å². The fourth-order valence-corrected chi connectivity index (χ4v) is 4.20. The van der Waals surface area contributed by atoms with E-state index < -0.39 is 10.0 Å². The molecule has 0 spiro atoms. The van der Waals surface area contributed by atoms with Gasteiger partial charge in [-0.1, -0.05) is 49.3 Å². The van der Waals surface area contributed by atoms with Crippen LogP contribution in [0.1, 0.15) is 49.9 Å². The van der Waals surface area contributed by atoms with E-state index in [1.807, 2.05) is 44.2 Å². The molecule has 0 saturated carbocycles. The molecule has 0 bridgehead atoms. The van der Waals surface area contributed by atoms with Gasteiger partial charge in [-0.15, -0.1) is 0 Å². The molecule has 0 aliphatic carbocycles. The maximum absolute atomic E-state index is 12.8. The van der Waals surface area contributed by atoms with Gasteiger partial charge in [0.2, 0.25) is 21.8 Å². The van der Waals surface area contributed by atoms with Gasteiger partial charge >= 0.3 is 0 Å². The van der Waals surface area contributed by atoms with Crippen molar-refractivity contribution in [1.29, 1.82) is 0 Å². The summed E-state index contributed by atoms with van der Waals surface area (Å²) in [5.74, 6) is 1.22. The van der Waals surface area contributed by atoms with Crippen molar-refractivity contribution < 1.29 is 17.7 Å². The van der Waals surface area contributed by atoms with Crippen LogP contribution in [0.15, 0.2) is 64.0 Å². The summed E-state index contributed by atoms with van der Waals surface area (Å²) in [6.45, 7) is 4.25. The third-order valence-corrected chi connectivity index (χ3v) is 6.71. The predicted octanol–water partition coefficient (Wildman–Crippen LogP) is 3.98. The number of benzene rings is 2. The molecule has 1 aromatic heterocycles. The molecular weight excluding hydrogens is 428 g/mol. The van der Waals surface area contributed by atoms with Gasteiger partial charge in [0.15, 0.2) is 5.82 Å². The second kappa shape index (κ2) is 10.5. The quantitative estimate of drug-likeness (QED) is 0.495. The number of hydrogen-bond acceptors (Lipinski definition) is 6. The molecule has 0 saturated heterocycles. The zero-order valence-electron chi connectivity index (χ0n) is 18.5. The lowest BCUT2D eigenvalue weighted by molar-refractivity contribution is -0.116. The Kier molecular flexibility index (Phi) is 7.76. The topological polar surface area (TPSA) is 105 Å². The molecule has 9 heteroatoms. The molecule has 3 rings (SSSR count). The molecule has 1 heterocycles. The SMILES string of the molecule is CC(C)c1noc(CCCC(=O)Nc2ccc(S(=O)(=O)N(C)Cc3ccccc3)cc2)n1. The van der Waals surface area contributed by atoms with Gasteiger partial charge in [0.1, 0.15) is 0 Å². The normalized spacial score (nSPS) is 11.8. The smallest absolute Gasteiger partial charge is 0.243 e. The molecule has 2 aromatic carbocycles. The number of anilines is 1. The van der Waals surface area contributed by atoms with Gasteiger partial charge in [-0.2, -0.15) is 9.29 Å². The molecule has 0 aliphatic heterocycles. The van der Waals surface area contributed by atoms with Gasteiger partial charge in [-0.3, -0.25) is 4.79 Å². The average Bonchev–Trinajstić information content (AvgIpc) is 3.24. The summed E-state index contributed by atoms with van der Waals surface area (Å²) >= 11 is 0. The Morgan fingerprint density at radius 2 is 1.78 bits per heavy atom. The van der Waals surface area contributed by atoms with Crippen molar-refractivity contribution >= 4 is 21.6 Å². The first-order valence-corrected chi connectivity index (χ1v) is 11.9. The van der Waals surface area contributed by atoms with Crippen LogP contribution in [0, 0.1) is 0 Å². The van der Waals surface area contributed by atoms with Crippen LogP contribution in [-0.4, -0.2) is 35.8 Å². The number of aryl methyl sites for hydroxylation is 1. The van der Waals surface area contributed by atoms with Crippen LogP contribution in [0.5, 0.6) is 0 Å². The number of amides is 1. The molecular formula is C23H28N4O4S. The number of nitrogens with zero attached hydrogens (tertiary/aromatic N) is 3. The van der Waals surface area contributed by atoms with E-state index in [0.29, 0.717) is 36.7 Å². The van der Waals surface area contributed by atoms with E-state index >= 15 is 0 Å². The van der Waals surface area contributed by atoms with Crippen molar-refractivity contribution in [3.05, 3.63) is 71.9 Å². The first-order chi connectivity index (χ1) is 15.3. The van der Waals surface area contributed by atoms with Crippen LogP contribution in [0.3, 0.4) is 0 Å². The fourth-order valence-electron chi connectivity index (χ4n) is 3.04. The van der Waals surface area contributed by atoms with Crippen LogP contribution in [-0.2, 0) is 27.8 Å². The summed E-state index contributed by atoms with van der Waals surface area (Å²) in [5, 5.41) is 6.69. The third kappa shape index (κ3) is 6.24. The van der Waals surface area contributed by atoms with Gasteiger partial charge in [0.25, 0.3) is 0 Å². The number of aromatic nitrogens is 2. The van der Waals surface area contributed by atoms with E-state index in [0.717, 1.165) is 5.56 Å². The van der Waals surface area contributed by atoms with E-state index in [-0.39, 0.29) is 23.3 Å². The molecule has 3 aromatic rings. The Morgan fingerprint density at radius 3 is 2.41 bits per heavy atom. The van der Waals surface area contributed by atoms with Crippen molar-refractivity contribution in [2.45, 2.75) is 50.5 Å². The monoisotopic (exact) mass is 456 g/mol. The first kappa shape index (κ1) is 23.6. The molecule has 32 heavy (non-hydrogen) atoms. The molecule has 0 radical (unpaired) electrons. The van der Waals surface area contributed by atoms with Gasteiger partial charge in [0.05, 0.1) is 4.90 Å². The van der Waals surface area contributed by atoms with E-state index in [1.54, 1.807) is 19.2 Å². The summed E-state index contributed by atoms with van der Waals surface area (Å²) < 4.78 is 32.1. The molecule has 8 nitrogen and oxygen atoms in total. The zero-order valence-corrected chi connectivity index (χ0v) is 19.3. The van der Waals surface area contributed by atoms with Crippen LogP contribution in [0.4, 0.5) is 5.69 Å². The Labute approximate surface area is 188 Å². The van der Waals surface area contributed by atoms with Gasteiger partial charge in [0, 0.05) is 38.0 Å². The lowest BCUT2D eigenvalue weighted by Gasteiger charge is -2.17. The molecule has 0 aliphatic rings. The average molecular weight is 457 g/mol. The number of carbonyl (C=O) groups is 1. The van der Waals surface area contributed by atoms with E-state index in [9.17, 15) is 13.2 Å². The van der Waals surface area contributed by atoms with Crippen LogP contribution in [0.25, 0.3) is 0 Å². The van der Waals surface area contributed by atoms with Crippen molar-refractivity contribution in [1.82, 2.24) is 14.4 Å². The standard InChI is InChI=1S/C23H28N4O4S/c1-17(2)23-25-22(31-26-23)11-7-10-21(28)24-19-12-14-20(15-13-19)32(29,30)27(3)16-18-8-5-4-6-9-18/h4-6,8-9,12-15,17H,7,10-11,16H2,1-3H3,(H,24,28). The Bertz CT molecular complexity index is 1130. The molecule has 170 valence electrons. The van der Waals surface area contributed by atoms with E-state index in [1.165, 1.54) is 16.4 Å². The summed E-state index contributed by atoms with van der Waals surface area (Å²) in [6.07, 6.45) is 1.39. The second-order valence-corrected chi connectivity index (χ2v) is 9.92. The minimum atomic E-state index is -3.63. The maximum atomic E-state index is 12.8. The number of carbonyl (C=O) groups excluding carboxylic acids is 1. The molecule has 0 atom stereocenters. The first-order valence-electron chi connectivity index (χ1n) is 10.5. The number of hydrogen-bond donors (Lipinski definition) is 1. The zero-order chi connectivity index (χ0) is 23.1. The van der Waals surface area contributed by atoms with Gasteiger partial charge in [-0.25, -0.2) is 8.42 Å². The minimum absolute atomic E-state index is 0.162. The lowest BCUT2D eigenvalue weighted by Crippen LogP contribution is -2.26. The predicted molar refractivity (Wildman–Crippen MR) is 121 cm³/mol. The number of rotatable bonds is 10. The summed E-state index contributed by atoms with van der Waals surface area (Å²) in [5.41, 5.74) is 1.45. The molecule has 0 fully saturated rings. The van der Waals surface area contributed by atoms with Gasteiger partial charge < -0.3 is 9.84 Å². The Hall–Kier alpha value is -3.04. The van der Waals surface area contributed by atoms with Gasteiger partial charge in [-0.05, 0) is 36.2 Å². The Balaban J connectivity index is 1.51. The highest BCUT2D eigenvalue weighted by atomic mass is 32.2. The largest absolute Gasteiger partial charge is 0.339 e. The molecule has 0 unspecified atom stereocenters. The third-order valence-electron chi connectivity index (χ3n) is 4.89. The summed E-state index contributed by atoms with van der Waals surface area (Å²) in [7, 11) is -2.09. The molecule has 1 amide bonds. The number of nitrogens with one attached hydrogen (secondary N) is 1. The second-order valence-electron chi connectivity index (χ2n) is 7.87. The lowest BCUT2D eigenvalue weighted by atomic mass is 10.2. The highest BCUT2D eigenvalue weighted by Gasteiger charge is 2.21. The van der Waals surface area contributed by atoms with E-state index in [4.69, 9.17) is 4.52 Å². The van der Waals surface area contributed by atoms with Crippen molar-refractivity contribution in [3.63, 3.8) is 0 Å². The van der Waals surface area contributed by atoms with Crippen molar-refractivity contribution in [2.24, 2.45) is 0 Å². The molecule has 1 N–H and O–H groups in total. The number of sulfonamides is 1. The van der Waals surface area contributed by atoms with Crippen LogP contribution in [0.2, 0.25) is 0 Å². The summed E-state index contributed by atoms with van der Waals surface area (Å²) in [6, 6.07) is 15.6. The minimum Gasteiger partial charge on any atom is -0.339 e. The highest BCUT2D eigenvalue weighted by Crippen LogP contribution is 2.19. The van der Waals surface area contributed by atoms with Crippen LogP contribution >= 0.6 is 0 Å². The Morgan fingerprint density at radius 1 is 1.09 bits per heavy atom. The van der Waals surface area contributed by atoms with Crippen molar-refractivity contribution in [3.8, 4) is 0 Å². The van der Waals surface area contributed by atoms with Crippen LogP contribution < -0.4 is 5.32 Å². The maximum Gasteiger partial charge on any atom is 0.243 e. The highest BCUT2D eigenvalue weighted by molar-refractivity contribution is 7.89.